The summed E-state index contributed by atoms with van der Waals surface area (Å²) in [6.45, 7) is 5.03. The molecule has 0 spiro atoms. The number of nitrogens with one attached hydrogen (secondary N) is 1. The van der Waals surface area contributed by atoms with Gasteiger partial charge in [-0.1, -0.05) is 0 Å². The molecule has 1 N–H and O–H groups in total. The van der Waals surface area contributed by atoms with Crippen molar-refractivity contribution in [3.05, 3.63) is 54.4 Å². The molecule has 0 unspecified atom stereocenters. The van der Waals surface area contributed by atoms with Crippen molar-refractivity contribution in [2.24, 2.45) is 0 Å². The highest BCUT2D eigenvalue weighted by Crippen LogP contribution is 2.33. The van der Waals surface area contributed by atoms with Crippen molar-refractivity contribution in [3.8, 4) is 23.0 Å². The molecule has 0 bridgehead atoms. The first kappa shape index (κ1) is 18.2. The van der Waals surface area contributed by atoms with Crippen LogP contribution in [0, 0.1) is 0 Å². The third-order valence-corrected chi connectivity index (χ3v) is 4.87. The van der Waals surface area contributed by atoms with E-state index >= 15 is 0 Å². The smallest absolute Gasteiger partial charge is 0.256 e. The highest BCUT2D eigenvalue weighted by molar-refractivity contribution is 6.12. The number of hydrogen-bond donors (Lipinski definition) is 1. The van der Waals surface area contributed by atoms with Gasteiger partial charge in [0.1, 0.15) is 18.9 Å². The molecule has 5 rings (SSSR count). The molecule has 0 fully saturated rings. The Labute approximate surface area is 172 Å². The lowest BCUT2D eigenvalue weighted by molar-refractivity contribution is 0.102. The fourth-order valence-corrected chi connectivity index (χ4v) is 3.45. The standard InChI is InChI=1S/C22H20N4O4/c1-13(2)26-21-16(12-23-26)15(11-17(25-21)18-4-3-7-28-18)22(27)24-14-5-6-19-20(10-14)30-9-8-29-19/h3-7,10-13H,8-9H2,1-2H3,(H,24,27). The summed E-state index contributed by atoms with van der Waals surface area (Å²) in [4.78, 5) is 17.9. The minimum absolute atomic E-state index is 0.0931. The summed E-state index contributed by atoms with van der Waals surface area (Å²) in [7, 11) is 0. The molecule has 1 aliphatic heterocycles. The summed E-state index contributed by atoms with van der Waals surface area (Å²) in [5.74, 6) is 1.60. The van der Waals surface area contributed by atoms with Crippen molar-refractivity contribution in [2.45, 2.75) is 19.9 Å². The zero-order chi connectivity index (χ0) is 20.7. The molecule has 30 heavy (non-hydrogen) atoms. The first-order valence-corrected chi connectivity index (χ1v) is 9.73. The number of anilines is 1. The highest BCUT2D eigenvalue weighted by atomic mass is 16.6. The average molecular weight is 404 g/mol. The molecule has 0 radical (unpaired) electrons. The quantitative estimate of drug-likeness (QED) is 0.545. The molecule has 0 aliphatic carbocycles. The van der Waals surface area contributed by atoms with Crippen LogP contribution in [0.5, 0.6) is 11.5 Å². The second kappa shape index (κ2) is 7.22. The van der Waals surface area contributed by atoms with E-state index < -0.39 is 0 Å². The Hall–Kier alpha value is -3.81. The summed E-state index contributed by atoms with van der Waals surface area (Å²) < 4.78 is 18.4. The molecule has 1 amide bonds. The minimum atomic E-state index is -0.268. The number of amides is 1. The van der Waals surface area contributed by atoms with E-state index in [4.69, 9.17) is 18.9 Å². The predicted octanol–water partition coefficient (Wildman–Crippen LogP) is 4.30. The maximum Gasteiger partial charge on any atom is 0.256 e. The Morgan fingerprint density at radius 1 is 1.13 bits per heavy atom. The Bertz CT molecular complexity index is 1230. The number of ether oxygens (including phenoxy) is 2. The van der Waals surface area contributed by atoms with Crippen molar-refractivity contribution >= 4 is 22.6 Å². The molecule has 8 nitrogen and oxygen atoms in total. The Kier molecular flexibility index (Phi) is 4.39. The molecule has 4 heterocycles. The van der Waals surface area contributed by atoms with E-state index in [0.29, 0.717) is 58.5 Å². The van der Waals surface area contributed by atoms with E-state index in [1.807, 2.05) is 19.9 Å². The van der Waals surface area contributed by atoms with Gasteiger partial charge in [0, 0.05) is 17.8 Å². The summed E-state index contributed by atoms with van der Waals surface area (Å²) in [5, 5.41) is 8.05. The van der Waals surface area contributed by atoms with Gasteiger partial charge in [-0.25, -0.2) is 9.67 Å². The number of benzene rings is 1. The van der Waals surface area contributed by atoms with Crippen molar-refractivity contribution in [1.29, 1.82) is 0 Å². The van der Waals surface area contributed by atoms with Crippen LogP contribution in [-0.2, 0) is 0 Å². The third kappa shape index (κ3) is 3.16. The van der Waals surface area contributed by atoms with Crippen LogP contribution in [0.1, 0.15) is 30.2 Å². The molecule has 0 saturated carbocycles. The topological polar surface area (TPSA) is 91.4 Å². The Balaban J connectivity index is 1.56. The van der Waals surface area contributed by atoms with Crippen LogP contribution >= 0.6 is 0 Å². The van der Waals surface area contributed by atoms with Crippen LogP contribution in [0.3, 0.4) is 0 Å². The Morgan fingerprint density at radius 3 is 2.73 bits per heavy atom. The number of aromatic nitrogens is 3. The molecular formula is C22H20N4O4. The second-order valence-electron chi connectivity index (χ2n) is 7.27. The van der Waals surface area contributed by atoms with Crippen molar-refractivity contribution in [1.82, 2.24) is 14.8 Å². The van der Waals surface area contributed by atoms with E-state index in [2.05, 4.69) is 10.4 Å². The van der Waals surface area contributed by atoms with E-state index in [9.17, 15) is 4.79 Å². The monoisotopic (exact) mass is 404 g/mol. The van der Waals surface area contributed by atoms with Gasteiger partial charge in [0.15, 0.2) is 22.9 Å². The number of hydrogen-bond acceptors (Lipinski definition) is 6. The number of carbonyl (C=O) groups is 1. The van der Waals surface area contributed by atoms with Crippen molar-refractivity contribution in [2.75, 3.05) is 18.5 Å². The minimum Gasteiger partial charge on any atom is -0.486 e. The number of carbonyl (C=O) groups excluding carboxylic acids is 1. The zero-order valence-electron chi connectivity index (χ0n) is 16.6. The lowest BCUT2D eigenvalue weighted by atomic mass is 10.1. The average Bonchev–Trinajstić information content (AvgIpc) is 3.43. The maximum absolute atomic E-state index is 13.2. The molecular weight excluding hydrogens is 384 g/mol. The number of pyridine rings is 1. The molecule has 8 heteroatoms. The predicted molar refractivity (Wildman–Crippen MR) is 111 cm³/mol. The van der Waals surface area contributed by atoms with Gasteiger partial charge in [-0.3, -0.25) is 4.79 Å². The largest absolute Gasteiger partial charge is 0.486 e. The van der Waals surface area contributed by atoms with E-state index in [1.165, 1.54) is 0 Å². The molecule has 0 saturated heterocycles. The highest BCUT2D eigenvalue weighted by Gasteiger charge is 2.20. The van der Waals surface area contributed by atoms with E-state index in [-0.39, 0.29) is 11.9 Å². The van der Waals surface area contributed by atoms with Crippen molar-refractivity contribution in [3.63, 3.8) is 0 Å². The fraction of sp³-hybridized carbons (Fsp3) is 0.227. The van der Waals surface area contributed by atoms with Gasteiger partial charge < -0.3 is 19.2 Å². The SMILES string of the molecule is CC(C)n1ncc2c(C(=O)Nc3ccc4c(c3)OCCO4)cc(-c3ccco3)nc21. The Morgan fingerprint density at radius 2 is 1.97 bits per heavy atom. The van der Waals surface area contributed by atoms with Crippen molar-refractivity contribution < 1.29 is 18.7 Å². The van der Waals surface area contributed by atoms with Gasteiger partial charge in [-0.05, 0) is 44.2 Å². The van der Waals surface area contributed by atoms with Crippen LogP contribution < -0.4 is 14.8 Å². The van der Waals surface area contributed by atoms with Gasteiger partial charge in [0.2, 0.25) is 0 Å². The van der Waals surface area contributed by atoms with Gasteiger partial charge in [0.05, 0.1) is 23.4 Å². The van der Waals surface area contributed by atoms with Gasteiger partial charge >= 0.3 is 0 Å². The maximum atomic E-state index is 13.2. The van der Waals surface area contributed by atoms with Gasteiger partial charge in [-0.2, -0.15) is 5.10 Å². The first-order valence-electron chi connectivity index (χ1n) is 9.73. The van der Waals surface area contributed by atoms with Crippen LogP contribution in [0.2, 0.25) is 0 Å². The fourth-order valence-electron chi connectivity index (χ4n) is 3.45. The number of furan rings is 1. The lowest BCUT2D eigenvalue weighted by Crippen LogP contribution is -2.16. The summed E-state index contributed by atoms with van der Waals surface area (Å²) in [6, 6.07) is 10.8. The molecule has 152 valence electrons. The van der Waals surface area contributed by atoms with E-state index in [1.54, 1.807) is 47.5 Å². The van der Waals surface area contributed by atoms with Crippen LogP contribution in [0.4, 0.5) is 5.69 Å². The normalized spacial score (nSPS) is 13.0. The second-order valence-corrected chi connectivity index (χ2v) is 7.27. The third-order valence-electron chi connectivity index (χ3n) is 4.87. The van der Waals surface area contributed by atoms with E-state index in [0.717, 1.165) is 0 Å². The number of rotatable bonds is 4. The number of fused-ring (bicyclic) bond motifs is 2. The molecule has 3 aromatic heterocycles. The summed E-state index contributed by atoms with van der Waals surface area (Å²) in [6.07, 6.45) is 3.25. The van der Waals surface area contributed by atoms with Crippen LogP contribution in [0.15, 0.2) is 53.3 Å². The molecule has 1 aromatic carbocycles. The zero-order valence-corrected chi connectivity index (χ0v) is 16.6. The van der Waals surface area contributed by atoms with Crippen LogP contribution in [0.25, 0.3) is 22.5 Å². The summed E-state index contributed by atoms with van der Waals surface area (Å²) >= 11 is 0. The molecule has 1 aliphatic rings. The molecule has 4 aromatic rings. The number of nitrogens with zero attached hydrogens (tertiary/aromatic N) is 3. The van der Waals surface area contributed by atoms with Gasteiger partial charge in [0.25, 0.3) is 5.91 Å². The lowest BCUT2D eigenvalue weighted by Gasteiger charge is -2.19. The van der Waals surface area contributed by atoms with Crippen LogP contribution in [-0.4, -0.2) is 33.9 Å². The first-order chi connectivity index (χ1) is 14.6. The summed E-state index contributed by atoms with van der Waals surface area (Å²) in [5.41, 5.74) is 2.28. The van der Waals surface area contributed by atoms with Gasteiger partial charge in [-0.15, -0.1) is 0 Å². The molecule has 0 atom stereocenters.